The van der Waals surface area contributed by atoms with Gasteiger partial charge in [0.15, 0.2) is 0 Å². The Bertz CT molecular complexity index is 920. The number of hydrogen-bond acceptors (Lipinski definition) is 5. The summed E-state index contributed by atoms with van der Waals surface area (Å²) in [5.74, 6) is 0.758. The highest BCUT2D eigenvalue weighted by Crippen LogP contribution is 2.36. The number of halogens is 1. The van der Waals surface area contributed by atoms with Crippen LogP contribution >= 0.6 is 23.5 Å². The maximum atomic E-state index is 11.2. The van der Waals surface area contributed by atoms with E-state index in [1.165, 1.54) is 42.6 Å². The van der Waals surface area contributed by atoms with E-state index in [-0.39, 0.29) is 0 Å². The van der Waals surface area contributed by atoms with E-state index in [0.29, 0.717) is 16.3 Å². The molecule has 1 aliphatic heterocycles. The van der Waals surface area contributed by atoms with Gasteiger partial charge in [-0.3, -0.25) is 4.72 Å². The maximum absolute atomic E-state index is 11.2. The smallest absolute Gasteiger partial charge is 0.0930 e. The Balaban J connectivity index is 1.26. The van der Waals surface area contributed by atoms with Crippen molar-refractivity contribution in [3.05, 3.63) is 58.6 Å². The molecule has 4 nitrogen and oxygen atoms in total. The van der Waals surface area contributed by atoms with Crippen LogP contribution in [0.4, 0.5) is 11.4 Å². The summed E-state index contributed by atoms with van der Waals surface area (Å²) < 4.78 is 3.65. The predicted octanol–water partition coefficient (Wildman–Crippen LogP) is 6.75. The van der Waals surface area contributed by atoms with E-state index < -0.39 is 5.60 Å². The fraction of sp³-hybridized carbons (Fsp3) is 0.571. The highest BCUT2D eigenvalue weighted by Gasteiger charge is 2.34. The number of piperidine rings is 1. The van der Waals surface area contributed by atoms with Crippen LogP contribution in [0.3, 0.4) is 0 Å². The minimum atomic E-state index is -0.764. The van der Waals surface area contributed by atoms with Crippen LogP contribution in [0.1, 0.15) is 63.5 Å². The minimum absolute atomic E-state index is 0.643. The molecule has 0 unspecified atom stereocenters. The van der Waals surface area contributed by atoms with E-state index in [0.717, 1.165) is 44.0 Å². The number of nitrogens with zero attached hydrogens (tertiary/aromatic N) is 1. The minimum Gasteiger partial charge on any atom is -0.385 e. The molecule has 2 fully saturated rings. The zero-order valence-electron chi connectivity index (χ0n) is 20.8. The van der Waals surface area contributed by atoms with Gasteiger partial charge in [-0.15, -0.1) is 0 Å². The lowest BCUT2D eigenvalue weighted by Crippen LogP contribution is -2.42. The van der Waals surface area contributed by atoms with E-state index in [1.807, 2.05) is 36.2 Å². The number of rotatable bonds is 8. The number of nitrogens with one attached hydrogen (secondary N) is 2. The molecule has 34 heavy (non-hydrogen) atoms. The van der Waals surface area contributed by atoms with Gasteiger partial charge in [0.25, 0.3) is 0 Å². The molecule has 1 heterocycles. The number of benzene rings is 2. The first-order valence-corrected chi connectivity index (χ1v) is 14.1. The van der Waals surface area contributed by atoms with Crippen molar-refractivity contribution >= 4 is 34.9 Å². The molecule has 1 saturated carbocycles. The molecule has 0 amide bonds. The Morgan fingerprint density at radius 2 is 1.74 bits per heavy atom. The molecule has 0 aromatic heterocycles. The van der Waals surface area contributed by atoms with Crippen molar-refractivity contribution < 1.29 is 5.11 Å². The quantitative estimate of drug-likeness (QED) is 0.349. The molecule has 0 radical (unpaired) electrons. The van der Waals surface area contributed by atoms with Crippen LogP contribution in [0.15, 0.2) is 42.5 Å². The summed E-state index contributed by atoms with van der Waals surface area (Å²) in [7, 11) is 0. The third kappa shape index (κ3) is 6.63. The van der Waals surface area contributed by atoms with Gasteiger partial charge >= 0.3 is 0 Å². The molecular formula is C28H40ClN3OS. The van der Waals surface area contributed by atoms with Crippen LogP contribution in [-0.2, 0) is 5.60 Å². The molecule has 0 atom stereocenters. The molecule has 4 rings (SSSR count). The highest BCUT2D eigenvalue weighted by molar-refractivity contribution is 7.98. The van der Waals surface area contributed by atoms with Gasteiger partial charge in [-0.05, 0) is 92.8 Å². The van der Waals surface area contributed by atoms with Crippen LogP contribution < -0.4 is 14.9 Å². The van der Waals surface area contributed by atoms with Crippen LogP contribution in [0.5, 0.6) is 0 Å². The fourth-order valence-electron chi connectivity index (χ4n) is 5.20. The van der Waals surface area contributed by atoms with E-state index in [9.17, 15) is 5.11 Å². The maximum Gasteiger partial charge on any atom is 0.0930 e. The molecule has 186 valence electrons. The van der Waals surface area contributed by atoms with E-state index >= 15 is 0 Å². The number of anilines is 2. The van der Waals surface area contributed by atoms with Gasteiger partial charge in [-0.1, -0.05) is 49.5 Å². The Morgan fingerprint density at radius 1 is 1.06 bits per heavy atom. The van der Waals surface area contributed by atoms with Crippen LogP contribution in [0.25, 0.3) is 0 Å². The van der Waals surface area contributed by atoms with Crippen molar-refractivity contribution in [2.75, 3.05) is 29.9 Å². The molecule has 1 saturated heterocycles. The topological polar surface area (TPSA) is 47.5 Å². The number of aliphatic hydroxyl groups is 1. The monoisotopic (exact) mass is 501 g/mol. The van der Waals surface area contributed by atoms with Crippen molar-refractivity contribution in [1.82, 2.24) is 4.72 Å². The first-order valence-electron chi connectivity index (χ1n) is 12.8. The lowest BCUT2D eigenvalue weighted by Gasteiger charge is -2.40. The lowest BCUT2D eigenvalue weighted by atomic mass is 9.84. The second-order valence-electron chi connectivity index (χ2n) is 10.4. The summed E-state index contributed by atoms with van der Waals surface area (Å²) in [6.07, 6.45) is 6.60. The third-order valence-electron chi connectivity index (χ3n) is 7.45. The highest BCUT2D eigenvalue weighted by atomic mass is 35.5. The van der Waals surface area contributed by atoms with E-state index in [4.69, 9.17) is 11.6 Å². The van der Waals surface area contributed by atoms with Crippen molar-refractivity contribution in [3.8, 4) is 0 Å². The normalized spacial score (nSPS) is 22.7. The summed E-state index contributed by atoms with van der Waals surface area (Å²) in [6, 6.07) is 15.1. The molecule has 2 aromatic carbocycles. The predicted molar refractivity (Wildman–Crippen MR) is 148 cm³/mol. The molecular weight excluding hydrogens is 462 g/mol. The Morgan fingerprint density at radius 3 is 2.35 bits per heavy atom. The zero-order chi connectivity index (χ0) is 24.1. The first kappa shape index (κ1) is 25.7. The summed E-state index contributed by atoms with van der Waals surface area (Å²) >= 11 is 7.90. The van der Waals surface area contributed by atoms with Gasteiger partial charge in [0.05, 0.1) is 5.60 Å². The van der Waals surface area contributed by atoms with Gasteiger partial charge in [0.2, 0.25) is 0 Å². The standard InChI is InChI=1S/C28H40ClN3OS/c1-20(2)34-31-25-10-4-22(5-11-25)19-30-27-13-12-26(18-21(27)3)32-16-14-28(33,15-17-32)23-6-8-24(29)9-7-23/h6-9,12-13,18,20,22,25,30-31,33H,4-5,10-11,14-17,19H2,1-3H3. The fourth-order valence-corrected chi connectivity index (χ4v) is 6.02. The van der Waals surface area contributed by atoms with Crippen molar-refractivity contribution in [1.29, 1.82) is 0 Å². The van der Waals surface area contributed by atoms with Gasteiger partial charge in [0, 0.05) is 47.3 Å². The summed E-state index contributed by atoms with van der Waals surface area (Å²) in [5.41, 5.74) is 3.99. The molecule has 0 spiro atoms. The van der Waals surface area contributed by atoms with Crippen molar-refractivity contribution in [2.45, 2.75) is 76.2 Å². The van der Waals surface area contributed by atoms with Gasteiger partial charge in [-0.25, -0.2) is 0 Å². The van der Waals surface area contributed by atoms with E-state index in [1.54, 1.807) is 0 Å². The molecule has 0 bridgehead atoms. The zero-order valence-corrected chi connectivity index (χ0v) is 22.4. The Kier molecular flexibility index (Phi) is 8.73. The largest absolute Gasteiger partial charge is 0.385 e. The summed E-state index contributed by atoms with van der Waals surface area (Å²) in [4.78, 5) is 2.39. The molecule has 6 heteroatoms. The van der Waals surface area contributed by atoms with Gasteiger partial charge in [0.1, 0.15) is 0 Å². The van der Waals surface area contributed by atoms with Crippen molar-refractivity contribution in [3.63, 3.8) is 0 Å². The number of hydrogen-bond donors (Lipinski definition) is 3. The number of aryl methyl sites for hydroxylation is 1. The van der Waals surface area contributed by atoms with Crippen LogP contribution in [-0.4, -0.2) is 36.0 Å². The Labute approximate surface area is 215 Å². The molecule has 2 aromatic rings. The Hall–Kier alpha value is -1.40. The third-order valence-corrected chi connectivity index (χ3v) is 8.64. The van der Waals surface area contributed by atoms with Crippen LogP contribution in [0, 0.1) is 12.8 Å². The average Bonchev–Trinajstić information content (AvgIpc) is 2.83. The second kappa shape index (κ2) is 11.6. The lowest BCUT2D eigenvalue weighted by molar-refractivity contribution is 0.0118. The molecule has 1 aliphatic carbocycles. The second-order valence-corrected chi connectivity index (χ2v) is 12.3. The SMILES string of the molecule is Cc1cc(N2CCC(O)(c3ccc(Cl)cc3)CC2)ccc1NCC1CCC(NSC(C)C)CC1. The van der Waals surface area contributed by atoms with Gasteiger partial charge < -0.3 is 15.3 Å². The van der Waals surface area contributed by atoms with E-state index in [2.05, 4.69) is 53.9 Å². The molecule has 2 aliphatic rings. The van der Waals surface area contributed by atoms with Crippen LogP contribution in [0.2, 0.25) is 5.02 Å². The molecule has 3 N–H and O–H groups in total. The van der Waals surface area contributed by atoms with Gasteiger partial charge in [-0.2, -0.15) is 0 Å². The summed E-state index contributed by atoms with van der Waals surface area (Å²) in [5, 5.41) is 16.2. The summed E-state index contributed by atoms with van der Waals surface area (Å²) in [6.45, 7) is 9.43. The van der Waals surface area contributed by atoms with Crippen molar-refractivity contribution in [2.24, 2.45) is 5.92 Å². The first-order chi connectivity index (χ1) is 16.3. The average molecular weight is 502 g/mol.